The third kappa shape index (κ3) is 5.87. The van der Waals surface area contributed by atoms with Gasteiger partial charge in [0.1, 0.15) is 6.10 Å². The molecule has 1 amide bonds. The number of rotatable bonds is 6. The van der Waals surface area contributed by atoms with Crippen LogP contribution in [-0.2, 0) is 16.0 Å². The first-order valence-corrected chi connectivity index (χ1v) is 10.9. The van der Waals surface area contributed by atoms with E-state index in [0.29, 0.717) is 25.7 Å². The first-order valence-electron chi connectivity index (χ1n) is 10.9. The molecule has 1 aliphatic carbocycles. The van der Waals surface area contributed by atoms with Crippen molar-refractivity contribution in [1.29, 1.82) is 0 Å². The highest BCUT2D eigenvalue weighted by molar-refractivity contribution is 5.78. The number of nitrogens with one attached hydrogen (secondary N) is 1. The molecule has 1 aromatic heterocycles. The molecule has 0 bridgehead atoms. The molecule has 1 aliphatic heterocycles. The van der Waals surface area contributed by atoms with Gasteiger partial charge >= 0.3 is 0 Å². The van der Waals surface area contributed by atoms with Gasteiger partial charge in [0.2, 0.25) is 5.91 Å². The zero-order valence-corrected chi connectivity index (χ0v) is 17.1. The molecule has 2 fully saturated rings. The topological polar surface area (TPSA) is 54.5 Å². The van der Waals surface area contributed by atoms with Crippen molar-refractivity contribution in [3.05, 3.63) is 65.5 Å². The predicted octanol–water partition coefficient (Wildman–Crippen LogP) is 3.49. The third-order valence-electron chi connectivity index (χ3n) is 5.87. The number of morpholine rings is 1. The Morgan fingerprint density at radius 2 is 1.90 bits per heavy atom. The standard InChI is InChI=1S/C24H31N3O2/c28-24(26-20-10-5-2-6-11-20)18-27-14-15-29-23(17-27)22-13-7-12-21(25-22)16-19-8-3-1-4-9-19/h1,3-4,7-9,12-13,20,23H,2,5-6,10-11,14-18H2,(H,26,28). The number of carbonyl (C=O) groups excluding carboxylic acids is 1. The highest BCUT2D eigenvalue weighted by Crippen LogP contribution is 2.22. The highest BCUT2D eigenvalue weighted by Gasteiger charge is 2.25. The fourth-order valence-electron chi connectivity index (χ4n) is 4.33. The van der Waals surface area contributed by atoms with E-state index in [1.807, 2.05) is 12.1 Å². The molecule has 0 spiro atoms. The van der Waals surface area contributed by atoms with Crippen molar-refractivity contribution in [3.63, 3.8) is 0 Å². The Kier molecular flexibility index (Phi) is 6.91. The molecular weight excluding hydrogens is 362 g/mol. The normalized spacial score (nSPS) is 21.0. The minimum Gasteiger partial charge on any atom is -0.369 e. The van der Waals surface area contributed by atoms with Crippen LogP contribution < -0.4 is 5.32 Å². The summed E-state index contributed by atoms with van der Waals surface area (Å²) < 4.78 is 6.00. The molecule has 5 heteroatoms. The molecule has 1 saturated carbocycles. The molecule has 2 aromatic rings. The van der Waals surface area contributed by atoms with Crippen LogP contribution in [0.1, 0.15) is 55.2 Å². The van der Waals surface area contributed by atoms with Crippen LogP contribution in [0.5, 0.6) is 0 Å². The lowest BCUT2D eigenvalue weighted by Gasteiger charge is -2.33. The van der Waals surface area contributed by atoms with Crippen LogP contribution in [0.2, 0.25) is 0 Å². The number of aromatic nitrogens is 1. The van der Waals surface area contributed by atoms with Gasteiger partial charge in [0.25, 0.3) is 0 Å². The van der Waals surface area contributed by atoms with Gasteiger partial charge in [-0.15, -0.1) is 0 Å². The van der Waals surface area contributed by atoms with Crippen molar-refractivity contribution in [2.45, 2.75) is 50.7 Å². The second-order valence-corrected chi connectivity index (χ2v) is 8.21. The van der Waals surface area contributed by atoms with E-state index in [9.17, 15) is 4.79 Å². The fraction of sp³-hybridized carbons (Fsp3) is 0.500. The Hall–Kier alpha value is -2.24. The first kappa shape index (κ1) is 20.0. The van der Waals surface area contributed by atoms with Crippen molar-refractivity contribution >= 4 is 5.91 Å². The molecule has 5 nitrogen and oxygen atoms in total. The van der Waals surface area contributed by atoms with Gasteiger partial charge in [-0.1, -0.05) is 55.7 Å². The number of ether oxygens (including phenoxy) is 1. The van der Waals surface area contributed by atoms with Gasteiger partial charge in [0.05, 0.1) is 18.8 Å². The number of amides is 1. The molecule has 2 aliphatic rings. The lowest BCUT2D eigenvalue weighted by Crippen LogP contribution is -2.47. The summed E-state index contributed by atoms with van der Waals surface area (Å²) in [5.74, 6) is 0.142. The molecule has 2 heterocycles. The van der Waals surface area contributed by atoms with Gasteiger partial charge < -0.3 is 10.1 Å². The summed E-state index contributed by atoms with van der Waals surface area (Å²) in [6, 6.07) is 16.9. The van der Waals surface area contributed by atoms with E-state index < -0.39 is 0 Å². The number of hydrogen-bond donors (Lipinski definition) is 1. The first-order chi connectivity index (χ1) is 14.3. The molecule has 1 unspecified atom stereocenters. The molecule has 1 aromatic carbocycles. The molecule has 0 radical (unpaired) electrons. The monoisotopic (exact) mass is 393 g/mol. The largest absolute Gasteiger partial charge is 0.369 e. The van der Waals surface area contributed by atoms with Crippen molar-refractivity contribution in [2.24, 2.45) is 0 Å². The summed E-state index contributed by atoms with van der Waals surface area (Å²) >= 11 is 0. The van der Waals surface area contributed by atoms with E-state index in [1.54, 1.807) is 0 Å². The lowest BCUT2D eigenvalue weighted by molar-refractivity contribution is -0.125. The summed E-state index contributed by atoms with van der Waals surface area (Å²) in [6.07, 6.45) is 6.74. The van der Waals surface area contributed by atoms with E-state index in [1.165, 1.54) is 24.8 Å². The van der Waals surface area contributed by atoms with Gasteiger partial charge in [-0.25, -0.2) is 0 Å². The summed E-state index contributed by atoms with van der Waals surface area (Å²) in [6.45, 7) is 2.57. The highest BCUT2D eigenvalue weighted by atomic mass is 16.5. The van der Waals surface area contributed by atoms with E-state index in [4.69, 9.17) is 9.72 Å². The van der Waals surface area contributed by atoms with Crippen LogP contribution in [-0.4, -0.2) is 48.1 Å². The second kappa shape index (κ2) is 9.99. The lowest BCUT2D eigenvalue weighted by atomic mass is 9.95. The maximum absolute atomic E-state index is 12.5. The van der Waals surface area contributed by atoms with Gasteiger partial charge in [0.15, 0.2) is 0 Å². The summed E-state index contributed by atoms with van der Waals surface area (Å²) in [5.41, 5.74) is 3.25. The number of nitrogens with zero attached hydrogens (tertiary/aromatic N) is 2. The average Bonchev–Trinajstić information content (AvgIpc) is 2.75. The van der Waals surface area contributed by atoms with Crippen molar-refractivity contribution in [3.8, 4) is 0 Å². The molecule has 1 saturated heterocycles. The third-order valence-corrected chi connectivity index (χ3v) is 5.87. The summed E-state index contributed by atoms with van der Waals surface area (Å²) in [7, 11) is 0. The van der Waals surface area contributed by atoms with Crippen LogP contribution in [0, 0.1) is 0 Å². The quantitative estimate of drug-likeness (QED) is 0.816. The zero-order valence-electron chi connectivity index (χ0n) is 17.1. The minimum atomic E-state index is -0.0815. The van der Waals surface area contributed by atoms with E-state index >= 15 is 0 Å². The number of hydrogen-bond acceptors (Lipinski definition) is 4. The van der Waals surface area contributed by atoms with Crippen LogP contribution in [0.25, 0.3) is 0 Å². The smallest absolute Gasteiger partial charge is 0.234 e. The summed E-state index contributed by atoms with van der Waals surface area (Å²) in [5, 5.41) is 3.22. The molecular formula is C24H31N3O2. The van der Waals surface area contributed by atoms with Gasteiger partial charge in [-0.3, -0.25) is 14.7 Å². The van der Waals surface area contributed by atoms with Gasteiger partial charge in [-0.2, -0.15) is 0 Å². The molecule has 1 atom stereocenters. The summed E-state index contributed by atoms with van der Waals surface area (Å²) in [4.78, 5) is 19.5. The molecule has 1 N–H and O–H groups in total. The Morgan fingerprint density at radius 3 is 2.72 bits per heavy atom. The van der Waals surface area contributed by atoms with Crippen molar-refractivity contribution in [2.75, 3.05) is 26.2 Å². The zero-order chi connectivity index (χ0) is 19.9. The van der Waals surface area contributed by atoms with Crippen LogP contribution in [0.15, 0.2) is 48.5 Å². The van der Waals surface area contributed by atoms with Crippen molar-refractivity contribution < 1.29 is 9.53 Å². The Balaban J connectivity index is 1.33. The van der Waals surface area contributed by atoms with Crippen molar-refractivity contribution in [1.82, 2.24) is 15.2 Å². The molecule has 154 valence electrons. The average molecular weight is 394 g/mol. The van der Waals surface area contributed by atoms with Crippen LogP contribution >= 0.6 is 0 Å². The van der Waals surface area contributed by atoms with Crippen LogP contribution in [0.4, 0.5) is 0 Å². The number of pyridine rings is 1. The van der Waals surface area contributed by atoms with Gasteiger partial charge in [0, 0.05) is 31.2 Å². The Bertz CT molecular complexity index is 790. The van der Waals surface area contributed by atoms with E-state index in [2.05, 4.69) is 46.6 Å². The maximum atomic E-state index is 12.5. The Labute approximate surface area is 173 Å². The van der Waals surface area contributed by atoms with E-state index in [0.717, 1.165) is 37.2 Å². The number of carbonyl (C=O) groups is 1. The van der Waals surface area contributed by atoms with E-state index in [-0.39, 0.29) is 12.0 Å². The second-order valence-electron chi connectivity index (χ2n) is 8.21. The molecule has 4 rings (SSSR count). The molecule has 29 heavy (non-hydrogen) atoms. The minimum absolute atomic E-state index is 0.0815. The maximum Gasteiger partial charge on any atom is 0.234 e. The predicted molar refractivity (Wildman–Crippen MR) is 114 cm³/mol. The number of benzene rings is 1. The Morgan fingerprint density at radius 1 is 1.07 bits per heavy atom. The fourth-order valence-corrected chi connectivity index (χ4v) is 4.33. The van der Waals surface area contributed by atoms with Crippen LogP contribution in [0.3, 0.4) is 0 Å². The SMILES string of the molecule is O=C(CN1CCOC(c2cccc(Cc3ccccc3)n2)C1)NC1CCCCC1. The van der Waals surface area contributed by atoms with Gasteiger partial charge in [-0.05, 0) is 30.5 Å².